The molecule has 0 radical (unpaired) electrons. The summed E-state index contributed by atoms with van der Waals surface area (Å²) in [6, 6.07) is 27.1. The van der Waals surface area contributed by atoms with Crippen molar-refractivity contribution in [2.45, 2.75) is 33.1 Å². The zero-order valence-corrected chi connectivity index (χ0v) is 25.5. The lowest BCUT2D eigenvalue weighted by Crippen LogP contribution is -2.17. The molecule has 0 aliphatic heterocycles. The Hall–Kier alpha value is -4.79. The van der Waals surface area contributed by atoms with E-state index in [9.17, 15) is 14.7 Å². The van der Waals surface area contributed by atoms with Gasteiger partial charge in [0.15, 0.2) is 0 Å². The first-order valence-electron chi connectivity index (χ1n) is 13.8. The van der Waals surface area contributed by atoms with Gasteiger partial charge in [-0.05, 0) is 85.1 Å². The van der Waals surface area contributed by atoms with Crippen molar-refractivity contribution in [2.75, 3.05) is 5.32 Å². The number of carboxylic acids is 1. The number of carbonyl (C=O) groups excluding carboxylic acids is 1. The van der Waals surface area contributed by atoms with Gasteiger partial charge in [-0.3, -0.25) is 5.32 Å². The number of anilines is 1. The number of imidazole rings is 1. The highest BCUT2D eigenvalue weighted by Gasteiger charge is 2.15. The van der Waals surface area contributed by atoms with Gasteiger partial charge in [0.1, 0.15) is 18.2 Å². The number of halogens is 2. The first-order chi connectivity index (χ1) is 21.1. The Kier molecular flexibility index (Phi) is 9.53. The van der Waals surface area contributed by atoms with E-state index in [2.05, 4.69) is 5.32 Å². The Balaban J connectivity index is 1.31. The Bertz CT molecular complexity index is 1770. The van der Waals surface area contributed by atoms with Crippen LogP contribution < -0.4 is 10.1 Å². The van der Waals surface area contributed by atoms with Gasteiger partial charge in [-0.1, -0.05) is 59.6 Å². The van der Waals surface area contributed by atoms with E-state index in [0.717, 1.165) is 22.3 Å². The fourth-order valence-corrected chi connectivity index (χ4v) is 4.99. The summed E-state index contributed by atoms with van der Waals surface area (Å²) < 4.78 is 13.2. The Morgan fingerprint density at radius 1 is 0.909 bits per heavy atom. The van der Waals surface area contributed by atoms with Crippen LogP contribution in [0.25, 0.3) is 22.4 Å². The molecule has 0 aliphatic carbocycles. The van der Waals surface area contributed by atoms with Crippen LogP contribution in [0.3, 0.4) is 0 Å². The molecule has 1 aromatic heterocycles. The number of nitrogens with one attached hydrogen (secondary N) is 1. The summed E-state index contributed by atoms with van der Waals surface area (Å²) in [7, 11) is 0. The molecule has 0 fully saturated rings. The monoisotopic (exact) mass is 629 g/mol. The molecule has 10 heteroatoms. The van der Waals surface area contributed by atoms with E-state index >= 15 is 0 Å². The summed E-state index contributed by atoms with van der Waals surface area (Å²) in [6.07, 6.45) is 1.20. The zero-order valence-electron chi connectivity index (χ0n) is 24.0. The quantitative estimate of drug-likeness (QED) is 0.160. The molecule has 0 atom stereocenters. The first kappa shape index (κ1) is 30.7. The molecule has 0 spiro atoms. The maximum atomic E-state index is 11.8. The van der Waals surface area contributed by atoms with Crippen molar-refractivity contribution in [1.29, 1.82) is 0 Å². The Morgan fingerprint density at radius 2 is 1.57 bits per heavy atom. The molecule has 0 aliphatic rings. The molecule has 8 nitrogen and oxygen atoms in total. The van der Waals surface area contributed by atoms with Crippen molar-refractivity contribution in [2.24, 2.45) is 0 Å². The fourth-order valence-electron chi connectivity index (χ4n) is 4.48. The van der Waals surface area contributed by atoms with Crippen LogP contribution >= 0.6 is 23.2 Å². The second-order valence-electron chi connectivity index (χ2n) is 10.3. The van der Waals surface area contributed by atoms with Crippen LogP contribution in [0.15, 0.2) is 97.2 Å². The molecule has 4 aromatic carbocycles. The summed E-state index contributed by atoms with van der Waals surface area (Å²) >= 11 is 12.6. The third-order valence-electron chi connectivity index (χ3n) is 6.65. The molecule has 44 heavy (non-hydrogen) atoms. The lowest BCUT2D eigenvalue weighted by Gasteiger charge is -2.11. The maximum absolute atomic E-state index is 11.8. The Labute approximate surface area is 264 Å². The Morgan fingerprint density at radius 3 is 2.18 bits per heavy atom. The average Bonchev–Trinajstić information content (AvgIpc) is 3.38. The molecular weight excluding hydrogens is 601 g/mol. The number of carboxylic acid groups (broad SMARTS) is 1. The highest BCUT2D eigenvalue weighted by atomic mass is 35.5. The van der Waals surface area contributed by atoms with E-state index in [1.807, 2.05) is 65.4 Å². The summed E-state index contributed by atoms with van der Waals surface area (Å²) in [5.74, 6) is 0.350. The highest BCUT2D eigenvalue weighted by molar-refractivity contribution is 6.36. The zero-order chi connectivity index (χ0) is 31.2. The number of ether oxygens (including phenoxy) is 2. The van der Waals surface area contributed by atoms with Crippen molar-refractivity contribution < 1.29 is 24.2 Å². The van der Waals surface area contributed by atoms with E-state index in [1.54, 1.807) is 50.2 Å². The van der Waals surface area contributed by atoms with Gasteiger partial charge in [-0.25, -0.2) is 14.6 Å². The SMILES string of the molecule is CC(C)OC(=O)Nc1ccc(-c2ccc(OCc3nc(-c4ccc(Cl)cc4Cl)cn3Cc3ccc(C(=O)O)cc3)cc2)cc1. The summed E-state index contributed by atoms with van der Waals surface area (Å²) in [6.45, 7) is 4.23. The number of benzene rings is 4. The maximum Gasteiger partial charge on any atom is 0.411 e. The minimum absolute atomic E-state index is 0.185. The van der Waals surface area contributed by atoms with Crippen LogP contribution in [0.4, 0.5) is 10.5 Å². The summed E-state index contributed by atoms with van der Waals surface area (Å²) in [5, 5.41) is 13.0. The second-order valence-corrected chi connectivity index (χ2v) is 11.1. The number of nitrogens with zero attached hydrogens (tertiary/aromatic N) is 2. The standard InChI is InChI=1S/C34H29Cl2N3O5/c1-21(2)44-34(42)37-27-12-7-23(8-13-27)24-9-14-28(15-10-24)43-20-32-38-31(29-16-11-26(35)17-30(29)36)19-39(32)18-22-3-5-25(6-4-22)33(40)41/h3-17,19,21H,18,20H2,1-2H3,(H,37,42)(H,40,41). The van der Waals surface area contributed by atoms with E-state index in [-0.39, 0.29) is 18.3 Å². The van der Waals surface area contributed by atoms with E-state index in [0.29, 0.717) is 39.5 Å². The molecular formula is C34H29Cl2N3O5. The topological polar surface area (TPSA) is 103 Å². The molecule has 0 unspecified atom stereocenters. The number of carbonyl (C=O) groups is 2. The van der Waals surface area contributed by atoms with Gasteiger partial charge >= 0.3 is 12.1 Å². The van der Waals surface area contributed by atoms with Crippen molar-refractivity contribution in [3.05, 3.63) is 124 Å². The number of hydrogen-bond donors (Lipinski definition) is 2. The molecule has 0 saturated carbocycles. The average molecular weight is 631 g/mol. The van der Waals surface area contributed by atoms with Crippen LogP contribution in [0, 0.1) is 0 Å². The molecule has 1 heterocycles. The van der Waals surface area contributed by atoms with Crippen molar-refractivity contribution in [3.8, 4) is 28.1 Å². The highest BCUT2D eigenvalue weighted by Crippen LogP contribution is 2.31. The first-order valence-corrected chi connectivity index (χ1v) is 14.5. The number of aromatic carboxylic acids is 1. The lowest BCUT2D eigenvalue weighted by atomic mass is 10.1. The third kappa shape index (κ3) is 7.78. The summed E-state index contributed by atoms with van der Waals surface area (Å²) in [4.78, 5) is 27.9. The van der Waals surface area contributed by atoms with Crippen LogP contribution in [0.1, 0.15) is 35.6 Å². The molecule has 224 valence electrons. The molecule has 2 N–H and O–H groups in total. The van der Waals surface area contributed by atoms with E-state index in [4.69, 9.17) is 37.7 Å². The lowest BCUT2D eigenvalue weighted by molar-refractivity contribution is 0.0696. The van der Waals surface area contributed by atoms with Crippen molar-refractivity contribution in [3.63, 3.8) is 0 Å². The number of rotatable bonds is 10. The predicted octanol–water partition coefficient (Wildman–Crippen LogP) is 8.81. The second kappa shape index (κ2) is 13.7. The smallest absolute Gasteiger partial charge is 0.411 e. The molecule has 5 rings (SSSR count). The number of amides is 1. The van der Waals surface area contributed by atoms with Crippen LogP contribution in [0.5, 0.6) is 5.75 Å². The van der Waals surface area contributed by atoms with Crippen LogP contribution in [-0.4, -0.2) is 32.8 Å². The third-order valence-corrected chi connectivity index (χ3v) is 7.20. The normalized spacial score (nSPS) is 10.9. The fraction of sp³-hybridized carbons (Fsp3) is 0.147. The number of aromatic nitrogens is 2. The van der Waals surface area contributed by atoms with E-state index < -0.39 is 12.1 Å². The van der Waals surface area contributed by atoms with Gasteiger partial charge in [0, 0.05) is 29.0 Å². The molecule has 0 saturated heterocycles. The summed E-state index contributed by atoms with van der Waals surface area (Å²) in [5.41, 5.74) is 5.14. The minimum Gasteiger partial charge on any atom is -0.486 e. The number of hydrogen-bond acceptors (Lipinski definition) is 5. The van der Waals surface area contributed by atoms with E-state index in [1.165, 1.54) is 0 Å². The van der Waals surface area contributed by atoms with Gasteiger partial charge < -0.3 is 19.1 Å². The molecule has 0 bridgehead atoms. The van der Waals surface area contributed by atoms with Crippen LogP contribution in [-0.2, 0) is 17.9 Å². The van der Waals surface area contributed by atoms with Gasteiger partial charge in [-0.15, -0.1) is 0 Å². The van der Waals surface area contributed by atoms with Gasteiger partial charge in [0.05, 0.1) is 22.4 Å². The predicted molar refractivity (Wildman–Crippen MR) is 172 cm³/mol. The van der Waals surface area contributed by atoms with Gasteiger partial charge in [0.2, 0.25) is 0 Å². The molecule has 1 amide bonds. The van der Waals surface area contributed by atoms with Crippen LogP contribution in [0.2, 0.25) is 10.0 Å². The van der Waals surface area contributed by atoms with Crippen molar-refractivity contribution in [1.82, 2.24) is 9.55 Å². The minimum atomic E-state index is -0.975. The largest absolute Gasteiger partial charge is 0.486 e. The van der Waals surface area contributed by atoms with Gasteiger partial charge in [-0.2, -0.15) is 0 Å². The molecule has 5 aromatic rings. The van der Waals surface area contributed by atoms with Gasteiger partial charge in [0.25, 0.3) is 0 Å². The van der Waals surface area contributed by atoms with Crippen molar-refractivity contribution >= 4 is 41.0 Å².